The van der Waals surface area contributed by atoms with Crippen LogP contribution in [0.3, 0.4) is 0 Å². The van der Waals surface area contributed by atoms with E-state index in [0.29, 0.717) is 11.3 Å². The van der Waals surface area contributed by atoms with Gasteiger partial charge in [-0.05, 0) is 44.4 Å². The number of aromatic nitrogens is 1. The van der Waals surface area contributed by atoms with Crippen LogP contribution in [0.5, 0.6) is 0 Å². The Morgan fingerprint density at radius 2 is 2.00 bits per heavy atom. The van der Waals surface area contributed by atoms with Crippen LogP contribution in [0.2, 0.25) is 0 Å². The number of carbonyl (C=O) groups is 1. The lowest BCUT2D eigenvalue weighted by atomic mass is 9.99. The minimum atomic E-state index is -0.918. The zero-order valence-corrected chi connectivity index (χ0v) is 12.3. The molecule has 0 radical (unpaired) electrons. The quantitative estimate of drug-likeness (QED) is 0.916. The van der Waals surface area contributed by atoms with Gasteiger partial charge >= 0.3 is 5.97 Å². The van der Waals surface area contributed by atoms with E-state index < -0.39 is 5.97 Å². The summed E-state index contributed by atoms with van der Waals surface area (Å²) in [6, 6.07) is 10.1. The van der Waals surface area contributed by atoms with Crippen LogP contribution in [0.1, 0.15) is 33.7 Å². The number of rotatable bonds is 2. The lowest BCUT2D eigenvalue weighted by Gasteiger charge is -2.32. The minimum absolute atomic E-state index is 0.303. The highest BCUT2D eigenvalue weighted by Gasteiger charge is 2.24. The van der Waals surface area contributed by atoms with Gasteiger partial charge in [-0.25, -0.2) is 4.79 Å². The number of nitrogens with zero attached hydrogens (tertiary/aromatic N) is 2. The first-order valence-electron chi connectivity index (χ1n) is 7.15. The van der Waals surface area contributed by atoms with Gasteiger partial charge in [0.25, 0.3) is 0 Å². The number of pyridine rings is 1. The fourth-order valence-electron chi connectivity index (χ4n) is 3.07. The second-order valence-electron chi connectivity index (χ2n) is 5.43. The van der Waals surface area contributed by atoms with Gasteiger partial charge in [0.1, 0.15) is 5.56 Å². The first-order chi connectivity index (χ1) is 10.1. The van der Waals surface area contributed by atoms with Crippen molar-refractivity contribution in [2.45, 2.75) is 26.7 Å². The summed E-state index contributed by atoms with van der Waals surface area (Å²) < 4.78 is 0. The Balaban J connectivity index is 2.20. The van der Waals surface area contributed by atoms with Crippen LogP contribution in [0.15, 0.2) is 30.3 Å². The SMILES string of the molecule is Cc1cc(N2CCCc3ccccc32)c(C(=O)O)c(C)n1. The molecule has 0 unspecified atom stereocenters. The van der Waals surface area contributed by atoms with E-state index in [2.05, 4.69) is 22.0 Å². The molecule has 0 bridgehead atoms. The number of hydrogen-bond donors (Lipinski definition) is 1. The number of carboxylic acids is 1. The Labute approximate surface area is 124 Å². The Kier molecular flexibility index (Phi) is 3.37. The Morgan fingerprint density at radius 1 is 1.24 bits per heavy atom. The molecule has 1 aromatic heterocycles. The molecule has 2 heterocycles. The maximum atomic E-state index is 11.6. The van der Waals surface area contributed by atoms with E-state index in [0.717, 1.165) is 36.5 Å². The maximum absolute atomic E-state index is 11.6. The van der Waals surface area contributed by atoms with E-state index in [1.165, 1.54) is 5.56 Å². The van der Waals surface area contributed by atoms with Crippen molar-refractivity contribution in [1.29, 1.82) is 0 Å². The molecule has 0 saturated heterocycles. The van der Waals surface area contributed by atoms with Crippen molar-refractivity contribution in [3.63, 3.8) is 0 Å². The number of para-hydroxylation sites is 1. The van der Waals surface area contributed by atoms with Gasteiger partial charge in [-0.2, -0.15) is 0 Å². The highest BCUT2D eigenvalue weighted by atomic mass is 16.4. The summed E-state index contributed by atoms with van der Waals surface area (Å²) in [5, 5.41) is 9.55. The van der Waals surface area contributed by atoms with Gasteiger partial charge in [0.05, 0.1) is 11.4 Å². The number of aromatic carboxylic acids is 1. The van der Waals surface area contributed by atoms with E-state index in [4.69, 9.17) is 0 Å². The van der Waals surface area contributed by atoms with Crippen molar-refractivity contribution < 1.29 is 9.90 Å². The van der Waals surface area contributed by atoms with Crippen LogP contribution in [0.4, 0.5) is 11.4 Å². The van der Waals surface area contributed by atoms with Crippen molar-refractivity contribution in [3.05, 3.63) is 52.8 Å². The molecule has 0 amide bonds. The monoisotopic (exact) mass is 282 g/mol. The number of anilines is 2. The lowest BCUT2D eigenvalue weighted by molar-refractivity contribution is 0.0696. The molecule has 1 N–H and O–H groups in total. The first kappa shape index (κ1) is 13.6. The highest BCUT2D eigenvalue weighted by molar-refractivity contribution is 5.97. The maximum Gasteiger partial charge on any atom is 0.339 e. The first-order valence-corrected chi connectivity index (χ1v) is 7.15. The second-order valence-corrected chi connectivity index (χ2v) is 5.43. The number of carboxylic acid groups (broad SMARTS) is 1. The van der Waals surface area contributed by atoms with Gasteiger partial charge in [0, 0.05) is 17.9 Å². The van der Waals surface area contributed by atoms with Crippen LogP contribution in [-0.2, 0) is 6.42 Å². The summed E-state index contributed by atoms with van der Waals surface area (Å²) >= 11 is 0. The van der Waals surface area contributed by atoms with E-state index in [1.807, 2.05) is 25.1 Å². The molecule has 2 aromatic rings. The molecule has 0 spiro atoms. The molecule has 108 valence electrons. The Bertz CT molecular complexity index is 710. The number of benzene rings is 1. The molecular formula is C17H18N2O2. The summed E-state index contributed by atoms with van der Waals surface area (Å²) in [6.07, 6.45) is 2.06. The molecule has 1 aliphatic rings. The van der Waals surface area contributed by atoms with Crippen molar-refractivity contribution in [1.82, 2.24) is 4.98 Å². The topological polar surface area (TPSA) is 53.4 Å². The van der Waals surface area contributed by atoms with Crippen LogP contribution in [0.25, 0.3) is 0 Å². The smallest absolute Gasteiger partial charge is 0.339 e. The van der Waals surface area contributed by atoms with E-state index in [9.17, 15) is 9.90 Å². The average Bonchev–Trinajstić information content (AvgIpc) is 2.45. The number of hydrogen-bond acceptors (Lipinski definition) is 3. The van der Waals surface area contributed by atoms with Gasteiger partial charge in [-0.3, -0.25) is 4.98 Å². The molecule has 0 fully saturated rings. The van der Waals surface area contributed by atoms with Gasteiger partial charge in [-0.15, -0.1) is 0 Å². The minimum Gasteiger partial charge on any atom is -0.478 e. The molecule has 1 aliphatic heterocycles. The normalized spacial score (nSPS) is 13.9. The second kappa shape index (κ2) is 5.20. The standard InChI is InChI=1S/C17H18N2O2/c1-11-10-15(16(17(20)21)12(2)18-11)19-9-5-7-13-6-3-4-8-14(13)19/h3-4,6,8,10H,5,7,9H2,1-2H3,(H,20,21). The Morgan fingerprint density at radius 3 is 2.76 bits per heavy atom. The Hall–Kier alpha value is -2.36. The average molecular weight is 282 g/mol. The zero-order chi connectivity index (χ0) is 15.0. The molecule has 21 heavy (non-hydrogen) atoms. The number of fused-ring (bicyclic) bond motifs is 1. The van der Waals surface area contributed by atoms with Gasteiger partial charge < -0.3 is 10.0 Å². The number of aryl methyl sites for hydroxylation is 3. The van der Waals surface area contributed by atoms with Crippen molar-refractivity contribution in [2.24, 2.45) is 0 Å². The molecule has 1 aromatic carbocycles. The van der Waals surface area contributed by atoms with E-state index in [-0.39, 0.29) is 0 Å². The summed E-state index contributed by atoms with van der Waals surface area (Å²) in [6.45, 7) is 4.49. The van der Waals surface area contributed by atoms with Gasteiger partial charge in [-0.1, -0.05) is 18.2 Å². The van der Waals surface area contributed by atoms with Crippen LogP contribution < -0.4 is 4.90 Å². The largest absolute Gasteiger partial charge is 0.478 e. The molecule has 0 aliphatic carbocycles. The molecular weight excluding hydrogens is 264 g/mol. The van der Waals surface area contributed by atoms with Gasteiger partial charge in [0.2, 0.25) is 0 Å². The molecule has 4 nitrogen and oxygen atoms in total. The fraction of sp³-hybridized carbons (Fsp3) is 0.294. The van der Waals surface area contributed by atoms with E-state index in [1.54, 1.807) is 6.92 Å². The summed E-state index contributed by atoms with van der Waals surface area (Å²) in [7, 11) is 0. The van der Waals surface area contributed by atoms with Crippen molar-refractivity contribution in [2.75, 3.05) is 11.4 Å². The zero-order valence-electron chi connectivity index (χ0n) is 12.3. The molecule has 0 saturated carbocycles. The molecule has 3 rings (SSSR count). The van der Waals surface area contributed by atoms with Crippen LogP contribution in [0, 0.1) is 13.8 Å². The third kappa shape index (κ3) is 2.37. The van der Waals surface area contributed by atoms with Crippen molar-refractivity contribution >= 4 is 17.3 Å². The van der Waals surface area contributed by atoms with E-state index >= 15 is 0 Å². The predicted octanol–water partition coefficient (Wildman–Crippen LogP) is 3.48. The molecule has 0 atom stereocenters. The van der Waals surface area contributed by atoms with Crippen LogP contribution in [-0.4, -0.2) is 22.6 Å². The third-order valence-electron chi connectivity index (χ3n) is 3.92. The third-order valence-corrected chi connectivity index (χ3v) is 3.92. The fourth-order valence-corrected chi connectivity index (χ4v) is 3.07. The van der Waals surface area contributed by atoms with Gasteiger partial charge in [0.15, 0.2) is 0 Å². The molecule has 4 heteroatoms. The lowest BCUT2D eigenvalue weighted by Crippen LogP contribution is -2.27. The predicted molar refractivity (Wildman–Crippen MR) is 82.4 cm³/mol. The van der Waals surface area contributed by atoms with Crippen molar-refractivity contribution in [3.8, 4) is 0 Å². The highest BCUT2D eigenvalue weighted by Crippen LogP contribution is 2.36. The summed E-state index contributed by atoms with van der Waals surface area (Å²) in [5.41, 5.74) is 4.84. The summed E-state index contributed by atoms with van der Waals surface area (Å²) in [5.74, 6) is -0.918. The summed E-state index contributed by atoms with van der Waals surface area (Å²) in [4.78, 5) is 18.1. The van der Waals surface area contributed by atoms with Crippen LogP contribution >= 0.6 is 0 Å².